The third-order valence-corrected chi connectivity index (χ3v) is 15.5. The molecule has 4 rings (SSSR count). The molecular weight excluding hydrogens is 621 g/mol. The van der Waals surface area contributed by atoms with E-state index in [1.54, 1.807) is 5.57 Å². The largest absolute Gasteiger partial charge is 0.462 e. The Kier molecular flexibility index (Phi) is 19.0. The molecule has 0 aromatic carbocycles. The highest BCUT2D eigenvalue weighted by Crippen LogP contribution is 2.67. The van der Waals surface area contributed by atoms with Gasteiger partial charge in [-0.3, -0.25) is 4.79 Å². The second kappa shape index (κ2) is 22.6. The first kappa shape index (κ1) is 42.9. The maximum absolute atomic E-state index is 12.9. The molecule has 8 atom stereocenters. The van der Waals surface area contributed by atoms with Crippen LogP contribution in [0, 0.1) is 46.3 Å². The Morgan fingerprint density at radius 2 is 1.25 bits per heavy atom. The first-order valence-corrected chi connectivity index (χ1v) is 23.6. The Morgan fingerprint density at radius 3 is 1.82 bits per heavy atom. The van der Waals surface area contributed by atoms with E-state index in [9.17, 15) is 4.79 Å². The molecule has 0 saturated heterocycles. The molecule has 0 aromatic heterocycles. The Bertz CT molecular complexity index is 996. The van der Waals surface area contributed by atoms with Gasteiger partial charge in [0.2, 0.25) is 0 Å². The first-order valence-electron chi connectivity index (χ1n) is 23.6. The summed E-state index contributed by atoms with van der Waals surface area (Å²) in [6, 6.07) is 0. The number of carbonyl (C=O) groups is 1. The van der Waals surface area contributed by atoms with Crippen molar-refractivity contribution in [3.05, 3.63) is 11.6 Å². The van der Waals surface area contributed by atoms with Gasteiger partial charge in [0, 0.05) is 12.8 Å². The van der Waals surface area contributed by atoms with Crippen molar-refractivity contribution in [1.29, 1.82) is 0 Å². The summed E-state index contributed by atoms with van der Waals surface area (Å²) in [5.41, 5.74) is 2.54. The van der Waals surface area contributed by atoms with Gasteiger partial charge in [0.25, 0.3) is 0 Å². The summed E-state index contributed by atoms with van der Waals surface area (Å²) >= 11 is 0. The third kappa shape index (κ3) is 12.9. The van der Waals surface area contributed by atoms with E-state index in [4.69, 9.17) is 4.74 Å². The minimum atomic E-state index is 0.0674. The van der Waals surface area contributed by atoms with Crippen molar-refractivity contribution in [2.45, 2.75) is 247 Å². The smallest absolute Gasteiger partial charge is 0.306 e. The molecule has 3 saturated carbocycles. The van der Waals surface area contributed by atoms with Crippen molar-refractivity contribution >= 4 is 5.97 Å². The van der Waals surface area contributed by atoms with Crippen LogP contribution in [0.3, 0.4) is 0 Å². The van der Waals surface area contributed by atoms with Gasteiger partial charge in [-0.15, -0.1) is 0 Å². The van der Waals surface area contributed by atoms with Gasteiger partial charge in [-0.2, -0.15) is 0 Å². The average Bonchev–Trinajstić information content (AvgIpc) is 3.46. The number of hydrogen-bond acceptors (Lipinski definition) is 2. The fourth-order valence-corrected chi connectivity index (χ4v) is 12.3. The molecule has 4 aliphatic carbocycles. The van der Waals surface area contributed by atoms with E-state index in [1.807, 2.05) is 0 Å². The molecule has 4 aliphatic rings. The maximum Gasteiger partial charge on any atom is 0.306 e. The normalized spacial score (nSPS) is 30.8. The number of hydrogen-bond donors (Lipinski definition) is 0. The highest BCUT2D eigenvalue weighted by Gasteiger charge is 2.59. The lowest BCUT2D eigenvalue weighted by Crippen LogP contribution is -2.51. The highest BCUT2D eigenvalue weighted by molar-refractivity contribution is 5.69. The lowest BCUT2D eigenvalue weighted by molar-refractivity contribution is -0.151. The second-order valence-corrected chi connectivity index (χ2v) is 19.8. The third-order valence-electron chi connectivity index (χ3n) is 15.5. The van der Waals surface area contributed by atoms with Crippen molar-refractivity contribution in [3.8, 4) is 0 Å². The monoisotopic (exact) mass is 709 g/mol. The summed E-state index contributed by atoms with van der Waals surface area (Å²) in [5, 5.41) is 0. The lowest BCUT2D eigenvalue weighted by atomic mass is 9.47. The SMILES string of the molecule is CCCCCCCCCCCCCCCCCCCCCC(=O)OC1CCC2(C)C(=CCC3C2CCC2(C)C(C(C)CCCC(C)C)CCC32)C1. The van der Waals surface area contributed by atoms with Crippen LogP contribution in [0.5, 0.6) is 0 Å². The van der Waals surface area contributed by atoms with Crippen molar-refractivity contribution in [3.63, 3.8) is 0 Å². The summed E-state index contributed by atoms with van der Waals surface area (Å²) in [5.74, 6) is 5.34. The predicted molar refractivity (Wildman–Crippen MR) is 221 cm³/mol. The molecule has 0 heterocycles. The highest BCUT2D eigenvalue weighted by atomic mass is 16.5. The molecular formula is C49H88O2. The Hall–Kier alpha value is -0.790. The van der Waals surface area contributed by atoms with Crippen LogP contribution in [-0.2, 0) is 9.53 Å². The predicted octanol–water partition coefficient (Wildman–Crippen LogP) is 15.8. The van der Waals surface area contributed by atoms with Gasteiger partial charge in [0.05, 0.1) is 0 Å². The van der Waals surface area contributed by atoms with Gasteiger partial charge < -0.3 is 4.74 Å². The minimum Gasteiger partial charge on any atom is -0.462 e. The van der Waals surface area contributed by atoms with Gasteiger partial charge in [-0.05, 0) is 97.7 Å². The Labute approximate surface area is 319 Å². The summed E-state index contributed by atoms with van der Waals surface area (Å²) in [6.07, 6.45) is 44.3. The number of allylic oxidation sites excluding steroid dienone is 1. The van der Waals surface area contributed by atoms with Gasteiger partial charge in [-0.1, -0.05) is 188 Å². The number of carbonyl (C=O) groups excluding carboxylic acids is 1. The standard InChI is InChI=1S/C49H88O2/c1-7-8-9-10-11-12-13-14-15-16-17-18-19-20-21-22-23-24-25-29-47(50)51-42-34-36-48(5)41(38-42)30-31-43-45-33-32-44(40(4)28-26-27-39(2)3)49(45,6)37-35-46(43)48/h30,39-40,42-46H,7-29,31-38H2,1-6H3. The molecule has 0 spiro atoms. The van der Waals surface area contributed by atoms with E-state index in [2.05, 4.69) is 47.6 Å². The topological polar surface area (TPSA) is 26.3 Å². The zero-order valence-electron chi connectivity index (χ0n) is 35.4. The molecule has 0 amide bonds. The molecule has 296 valence electrons. The van der Waals surface area contributed by atoms with E-state index in [-0.39, 0.29) is 12.1 Å². The van der Waals surface area contributed by atoms with Crippen LogP contribution in [0.25, 0.3) is 0 Å². The molecule has 8 unspecified atom stereocenters. The molecule has 2 nitrogen and oxygen atoms in total. The molecule has 0 aromatic rings. The molecule has 0 bridgehead atoms. The van der Waals surface area contributed by atoms with Gasteiger partial charge in [0.1, 0.15) is 6.10 Å². The summed E-state index contributed by atoms with van der Waals surface area (Å²) in [6.45, 7) is 15.0. The minimum absolute atomic E-state index is 0.0674. The van der Waals surface area contributed by atoms with Crippen molar-refractivity contribution in [1.82, 2.24) is 0 Å². The summed E-state index contributed by atoms with van der Waals surface area (Å²) < 4.78 is 6.15. The van der Waals surface area contributed by atoms with E-state index in [1.165, 1.54) is 173 Å². The van der Waals surface area contributed by atoms with E-state index >= 15 is 0 Å². The van der Waals surface area contributed by atoms with Crippen LogP contribution < -0.4 is 0 Å². The van der Waals surface area contributed by atoms with Crippen LogP contribution in [0.2, 0.25) is 0 Å². The van der Waals surface area contributed by atoms with Gasteiger partial charge in [0.15, 0.2) is 0 Å². The zero-order valence-corrected chi connectivity index (χ0v) is 35.4. The van der Waals surface area contributed by atoms with Crippen molar-refractivity contribution < 1.29 is 9.53 Å². The number of rotatable bonds is 26. The zero-order chi connectivity index (χ0) is 36.5. The first-order chi connectivity index (χ1) is 24.7. The van der Waals surface area contributed by atoms with Crippen LogP contribution in [0.4, 0.5) is 0 Å². The van der Waals surface area contributed by atoms with Crippen LogP contribution in [-0.4, -0.2) is 12.1 Å². The summed E-state index contributed by atoms with van der Waals surface area (Å²) in [7, 11) is 0. The fourth-order valence-electron chi connectivity index (χ4n) is 12.3. The molecule has 3 fully saturated rings. The number of esters is 1. The molecule has 0 aliphatic heterocycles. The van der Waals surface area contributed by atoms with Crippen molar-refractivity contribution in [2.75, 3.05) is 0 Å². The van der Waals surface area contributed by atoms with E-state index in [0.717, 1.165) is 54.8 Å². The average molecular weight is 709 g/mol. The molecule has 51 heavy (non-hydrogen) atoms. The van der Waals surface area contributed by atoms with Gasteiger partial charge >= 0.3 is 5.97 Å². The van der Waals surface area contributed by atoms with Crippen LogP contribution in [0.15, 0.2) is 11.6 Å². The molecule has 2 heteroatoms. The van der Waals surface area contributed by atoms with E-state index < -0.39 is 0 Å². The van der Waals surface area contributed by atoms with E-state index in [0.29, 0.717) is 17.3 Å². The quantitative estimate of drug-likeness (QED) is 0.0508. The molecule has 0 N–H and O–H groups in total. The van der Waals surface area contributed by atoms with Gasteiger partial charge in [-0.25, -0.2) is 0 Å². The number of unbranched alkanes of at least 4 members (excludes halogenated alkanes) is 18. The number of ether oxygens (including phenoxy) is 1. The maximum atomic E-state index is 12.9. The second-order valence-electron chi connectivity index (χ2n) is 19.8. The fraction of sp³-hybridized carbons (Fsp3) is 0.939. The molecule has 0 radical (unpaired) electrons. The van der Waals surface area contributed by atoms with Crippen LogP contribution >= 0.6 is 0 Å². The van der Waals surface area contributed by atoms with Crippen LogP contribution in [0.1, 0.15) is 241 Å². The Balaban J connectivity index is 1.03. The summed E-state index contributed by atoms with van der Waals surface area (Å²) in [4.78, 5) is 12.9. The van der Waals surface area contributed by atoms with Crippen molar-refractivity contribution in [2.24, 2.45) is 46.3 Å². The number of fused-ring (bicyclic) bond motifs is 5. The Morgan fingerprint density at radius 1 is 0.686 bits per heavy atom. The lowest BCUT2D eigenvalue weighted by Gasteiger charge is -2.58.